The lowest BCUT2D eigenvalue weighted by Gasteiger charge is -1.92. The molecule has 1 aromatic carbocycles. The van der Waals surface area contributed by atoms with Crippen LogP contribution in [0.2, 0.25) is 5.02 Å². The molecule has 0 aliphatic carbocycles. The van der Waals surface area contributed by atoms with Crippen molar-refractivity contribution in [3.05, 3.63) is 34.9 Å². The van der Waals surface area contributed by atoms with Gasteiger partial charge in [-0.2, -0.15) is 0 Å². The summed E-state index contributed by atoms with van der Waals surface area (Å²) in [5.41, 5.74) is 0.699. The van der Waals surface area contributed by atoms with E-state index in [1.807, 2.05) is 6.92 Å². The Kier molecular flexibility index (Phi) is 6.68. The van der Waals surface area contributed by atoms with Crippen LogP contribution < -0.4 is 0 Å². The Morgan fingerprint density at radius 1 is 1.36 bits per heavy atom. The molecular weight excluding hydrogens is 200 g/mol. The monoisotopic (exact) mass is 212 g/mol. The molecule has 0 heterocycles. The van der Waals surface area contributed by atoms with Crippen molar-refractivity contribution in [1.82, 2.24) is 0 Å². The Morgan fingerprint density at radius 3 is 2.07 bits per heavy atom. The molecule has 0 atom stereocenters. The van der Waals surface area contributed by atoms with Gasteiger partial charge in [-0.25, -0.2) is 0 Å². The minimum absolute atomic E-state index is 0.0664. The Bertz CT molecular complexity index is 291. The second kappa shape index (κ2) is 7.27. The van der Waals surface area contributed by atoms with E-state index in [4.69, 9.17) is 11.6 Å². The molecular formula is C11H13ClO2. The second-order valence-corrected chi connectivity index (χ2v) is 3.07. The van der Waals surface area contributed by atoms with Gasteiger partial charge in [0.15, 0.2) is 5.78 Å². The van der Waals surface area contributed by atoms with Gasteiger partial charge in [-0.3, -0.25) is 4.79 Å². The van der Waals surface area contributed by atoms with Crippen LogP contribution in [0.25, 0.3) is 0 Å². The van der Waals surface area contributed by atoms with Gasteiger partial charge < -0.3 is 4.79 Å². The van der Waals surface area contributed by atoms with Gasteiger partial charge in [-0.05, 0) is 31.2 Å². The van der Waals surface area contributed by atoms with E-state index < -0.39 is 0 Å². The highest BCUT2D eigenvalue weighted by atomic mass is 35.5. The lowest BCUT2D eigenvalue weighted by molar-refractivity contribution is -0.107. The third kappa shape index (κ3) is 5.49. The zero-order chi connectivity index (χ0) is 11.0. The van der Waals surface area contributed by atoms with E-state index in [9.17, 15) is 9.59 Å². The van der Waals surface area contributed by atoms with Gasteiger partial charge in [0.2, 0.25) is 0 Å². The van der Waals surface area contributed by atoms with Crippen LogP contribution in [0.5, 0.6) is 0 Å². The van der Waals surface area contributed by atoms with E-state index in [0.717, 1.165) is 6.29 Å². The first-order valence-electron chi connectivity index (χ1n) is 4.32. The molecule has 14 heavy (non-hydrogen) atoms. The van der Waals surface area contributed by atoms with Gasteiger partial charge in [0, 0.05) is 17.0 Å². The molecule has 0 aromatic heterocycles. The molecule has 3 heteroatoms. The lowest BCUT2D eigenvalue weighted by Crippen LogP contribution is -1.89. The van der Waals surface area contributed by atoms with Crippen molar-refractivity contribution in [2.75, 3.05) is 0 Å². The minimum atomic E-state index is 0.0664. The smallest absolute Gasteiger partial charge is 0.159 e. The number of Topliss-reactive ketones (excluding diaryl/α,β-unsaturated/α-hetero) is 1. The normalized spacial score (nSPS) is 8.50. The quantitative estimate of drug-likeness (QED) is 0.558. The summed E-state index contributed by atoms with van der Waals surface area (Å²) in [4.78, 5) is 19.9. The SMILES string of the molecule is CC(=O)c1ccc(Cl)cc1.CCC=O. The van der Waals surface area contributed by atoms with E-state index in [1.165, 1.54) is 6.92 Å². The van der Waals surface area contributed by atoms with Crippen LogP contribution in [0.1, 0.15) is 30.6 Å². The number of ketones is 1. The fourth-order valence-electron chi connectivity index (χ4n) is 0.685. The number of carbonyl (C=O) groups excluding carboxylic acids is 2. The number of hydrogen-bond donors (Lipinski definition) is 0. The van der Waals surface area contributed by atoms with Gasteiger partial charge in [-0.15, -0.1) is 0 Å². The van der Waals surface area contributed by atoms with Crippen molar-refractivity contribution >= 4 is 23.7 Å². The Balaban J connectivity index is 0.000000364. The molecule has 0 N–H and O–H groups in total. The predicted molar refractivity (Wildman–Crippen MR) is 57.8 cm³/mol. The number of hydrogen-bond acceptors (Lipinski definition) is 2. The lowest BCUT2D eigenvalue weighted by atomic mass is 10.2. The molecule has 0 aliphatic heterocycles. The summed E-state index contributed by atoms with van der Waals surface area (Å²) in [6, 6.07) is 6.84. The van der Waals surface area contributed by atoms with Gasteiger partial charge >= 0.3 is 0 Å². The number of aldehydes is 1. The third-order valence-electron chi connectivity index (χ3n) is 1.42. The Morgan fingerprint density at radius 2 is 1.79 bits per heavy atom. The molecule has 0 aliphatic rings. The number of rotatable bonds is 2. The summed E-state index contributed by atoms with van der Waals surface area (Å²) < 4.78 is 0. The molecule has 0 unspecified atom stereocenters. The molecule has 0 saturated heterocycles. The van der Waals surface area contributed by atoms with Crippen LogP contribution in [0.3, 0.4) is 0 Å². The molecule has 0 radical (unpaired) electrons. The van der Waals surface area contributed by atoms with E-state index in [2.05, 4.69) is 0 Å². The maximum absolute atomic E-state index is 10.7. The molecule has 0 fully saturated rings. The Labute approximate surface area is 88.9 Å². The molecule has 1 aromatic rings. The summed E-state index contributed by atoms with van der Waals surface area (Å²) in [5.74, 6) is 0.0664. The van der Waals surface area contributed by atoms with Crippen LogP contribution in [-0.2, 0) is 4.79 Å². The van der Waals surface area contributed by atoms with E-state index in [0.29, 0.717) is 17.0 Å². The first kappa shape index (κ1) is 12.8. The van der Waals surface area contributed by atoms with Gasteiger partial charge in [0.05, 0.1) is 0 Å². The van der Waals surface area contributed by atoms with E-state index in [-0.39, 0.29) is 5.78 Å². The average molecular weight is 213 g/mol. The predicted octanol–water partition coefficient (Wildman–Crippen LogP) is 3.14. The fraction of sp³-hybridized carbons (Fsp3) is 0.273. The van der Waals surface area contributed by atoms with Crippen molar-refractivity contribution in [3.63, 3.8) is 0 Å². The van der Waals surface area contributed by atoms with Gasteiger partial charge in [-0.1, -0.05) is 18.5 Å². The van der Waals surface area contributed by atoms with Crippen LogP contribution in [0.4, 0.5) is 0 Å². The fourth-order valence-corrected chi connectivity index (χ4v) is 0.811. The van der Waals surface area contributed by atoms with E-state index >= 15 is 0 Å². The van der Waals surface area contributed by atoms with Crippen LogP contribution >= 0.6 is 11.6 Å². The molecule has 0 bridgehead atoms. The van der Waals surface area contributed by atoms with Crippen LogP contribution in [0, 0.1) is 0 Å². The number of carbonyl (C=O) groups is 2. The van der Waals surface area contributed by atoms with Crippen molar-refractivity contribution in [2.24, 2.45) is 0 Å². The zero-order valence-corrected chi connectivity index (χ0v) is 9.04. The van der Waals surface area contributed by atoms with E-state index in [1.54, 1.807) is 24.3 Å². The molecule has 2 nitrogen and oxygen atoms in total. The number of benzene rings is 1. The van der Waals surface area contributed by atoms with Crippen molar-refractivity contribution in [1.29, 1.82) is 0 Å². The first-order chi connectivity index (χ1) is 6.61. The number of halogens is 1. The summed E-state index contributed by atoms with van der Waals surface area (Å²) in [6.07, 6.45) is 1.51. The van der Waals surface area contributed by atoms with Crippen LogP contribution in [-0.4, -0.2) is 12.1 Å². The highest BCUT2D eigenvalue weighted by Crippen LogP contribution is 2.09. The summed E-state index contributed by atoms with van der Waals surface area (Å²) in [5, 5.41) is 0.657. The summed E-state index contributed by atoms with van der Waals surface area (Å²) in [6.45, 7) is 3.34. The van der Waals surface area contributed by atoms with Crippen molar-refractivity contribution < 1.29 is 9.59 Å². The summed E-state index contributed by atoms with van der Waals surface area (Å²) >= 11 is 5.61. The molecule has 0 saturated carbocycles. The Hall–Kier alpha value is -1.15. The highest BCUT2D eigenvalue weighted by molar-refractivity contribution is 6.30. The maximum Gasteiger partial charge on any atom is 0.159 e. The van der Waals surface area contributed by atoms with Gasteiger partial charge in [0.25, 0.3) is 0 Å². The second-order valence-electron chi connectivity index (χ2n) is 2.64. The first-order valence-corrected chi connectivity index (χ1v) is 4.69. The zero-order valence-electron chi connectivity index (χ0n) is 8.29. The van der Waals surface area contributed by atoms with Crippen LogP contribution in [0.15, 0.2) is 24.3 Å². The van der Waals surface area contributed by atoms with Crippen molar-refractivity contribution in [2.45, 2.75) is 20.3 Å². The minimum Gasteiger partial charge on any atom is -0.303 e. The molecule has 1 rings (SSSR count). The largest absolute Gasteiger partial charge is 0.303 e. The topological polar surface area (TPSA) is 34.1 Å². The summed E-state index contributed by atoms with van der Waals surface area (Å²) in [7, 11) is 0. The standard InChI is InChI=1S/C8H7ClO.C3H6O/c1-6(10)7-2-4-8(9)5-3-7;1-2-3-4/h2-5H,1H3;3H,2H2,1H3. The molecule has 76 valence electrons. The maximum atomic E-state index is 10.7. The van der Waals surface area contributed by atoms with Gasteiger partial charge in [0.1, 0.15) is 6.29 Å². The average Bonchev–Trinajstić information content (AvgIpc) is 2.19. The molecule has 0 spiro atoms. The highest BCUT2D eigenvalue weighted by Gasteiger charge is 1.95. The molecule has 0 amide bonds. The van der Waals surface area contributed by atoms with Crippen molar-refractivity contribution in [3.8, 4) is 0 Å². The third-order valence-corrected chi connectivity index (χ3v) is 1.67.